The topological polar surface area (TPSA) is 221 Å². The highest BCUT2D eigenvalue weighted by atomic mass is 35.5. The van der Waals surface area contributed by atoms with Gasteiger partial charge in [0.25, 0.3) is 11.8 Å². The van der Waals surface area contributed by atoms with Crippen LogP contribution >= 0.6 is 11.6 Å². The summed E-state index contributed by atoms with van der Waals surface area (Å²) in [5.74, 6) is -2.31. The Bertz CT molecular complexity index is 2160. The number of aromatic nitrogens is 4. The van der Waals surface area contributed by atoms with Crippen LogP contribution in [0.1, 0.15) is 68.2 Å². The second-order valence-electron chi connectivity index (χ2n) is 11.8. The molecule has 5 aromatic rings. The summed E-state index contributed by atoms with van der Waals surface area (Å²) < 4.78 is 20.9. The molecule has 4 N–H and O–H groups in total. The summed E-state index contributed by atoms with van der Waals surface area (Å²) >= 11 is 5.93. The lowest BCUT2D eigenvalue weighted by Crippen LogP contribution is -2.31. The van der Waals surface area contributed by atoms with Crippen molar-refractivity contribution in [3.05, 3.63) is 124 Å². The third kappa shape index (κ3) is 11.6. The quantitative estimate of drug-likeness (QED) is 0.0904. The van der Waals surface area contributed by atoms with Crippen LogP contribution in [0.15, 0.2) is 85.1 Å². The molecule has 3 heterocycles. The van der Waals surface area contributed by atoms with Crippen LogP contribution in [0, 0.1) is 13.8 Å². The minimum atomic E-state index is -1.05. The maximum absolute atomic E-state index is 13.0. The van der Waals surface area contributed by atoms with Crippen molar-refractivity contribution < 1.29 is 48.3 Å². The molecule has 0 saturated heterocycles. The molecule has 0 unspecified atom stereocenters. The average molecular weight is 787 g/mol. The van der Waals surface area contributed by atoms with Gasteiger partial charge in [-0.05, 0) is 60.4 Å². The third-order valence-corrected chi connectivity index (χ3v) is 8.30. The minimum Gasteiger partial charge on any atom is -0.494 e. The van der Waals surface area contributed by atoms with Crippen molar-refractivity contribution >= 4 is 35.4 Å². The zero-order chi connectivity index (χ0) is 40.8. The summed E-state index contributed by atoms with van der Waals surface area (Å²) in [7, 11) is 4.31. The van der Waals surface area contributed by atoms with Crippen molar-refractivity contribution in [2.24, 2.45) is 0 Å². The fourth-order valence-electron chi connectivity index (χ4n) is 5.32. The predicted octanol–water partition coefficient (Wildman–Crippen LogP) is 5.93. The average Bonchev–Trinajstić information content (AvgIpc) is 3.17. The number of amides is 2. The van der Waals surface area contributed by atoms with E-state index in [0.717, 1.165) is 16.7 Å². The van der Waals surface area contributed by atoms with Crippen LogP contribution in [0.25, 0.3) is 0 Å². The van der Waals surface area contributed by atoms with Crippen molar-refractivity contribution in [2.75, 3.05) is 21.3 Å². The monoisotopic (exact) mass is 786 g/mol. The van der Waals surface area contributed by atoms with Crippen molar-refractivity contribution in [3.8, 4) is 29.3 Å². The van der Waals surface area contributed by atoms with Gasteiger partial charge >= 0.3 is 17.9 Å². The molecule has 0 aliphatic rings. The number of ether oxygens (including phenoxy) is 4. The number of halogens is 1. The largest absolute Gasteiger partial charge is 0.494 e. The van der Waals surface area contributed by atoms with Gasteiger partial charge in [0.1, 0.15) is 5.69 Å². The van der Waals surface area contributed by atoms with Crippen LogP contribution in [0.5, 0.6) is 29.3 Å². The first-order chi connectivity index (χ1) is 26.8. The fraction of sp³-hybridized carbons (Fsp3) is 0.231. The van der Waals surface area contributed by atoms with Crippen LogP contribution in [0.3, 0.4) is 0 Å². The van der Waals surface area contributed by atoms with Crippen molar-refractivity contribution in [1.82, 2.24) is 30.6 Å². The molecule has 0 radical (unpaired) electrons. The molecular weight excluding hydrogens is 748 g/mol. The number of carboxylic acid groups (broad SMARTS) is 2. The summed E-state index contributed by atoms with van der Waals surface area (Å²) in [6.45, 7) is 3.71. The molecule has 2 atom stereocenters. The molecule has 2 amide bonds. The van der Waals surface area contributed by atoms with Crippen LogP contribution in [0.4, 0.5) is 0 Å². The second kappa shape index (κ2) is 20.0. The Labute approximate surface area is 326 Å². The van der Waals surface area contributed by atoms with Gasteiger partial charge in [0.15, 0.2) is 22.3 Å². The number of hydrogen-bond donors (Lipinski definition) is 4. The van der Waals surface area contributed by atoms with Crippen LogP contribution in [0.2, 0.25) is 5.15 Å². The van der Waals surface area contributed by atoms with E-state index in [-0.39, 0.29) is 52.9 Å². The molecule has 0 bridgehead atoms. The first-order valence-electron chi connectivity index (χ1n) is 16.8. The number of aliphatic carboxylic acids is 2. The lowest BCUT2D eigenvalue weighted by molar-refractivity contribution is -0.138. The van der Waals surface area contributed by atoms with Gasteiger partial charge in [-0.2, -0.15) is 9.97 Å². The molecule has 0 aliphatic carbocycles. The molecule has 2 aromatic carbocycles. The Balaban J connectivity index is 0.000000259. The number of carboxylic acids is 2. The standard InChI is InChI=1S/C22H22N4O6.C17H17ClN2O4/c1-13-7-4-5-8-14(13)15(11-19(27)28)24-21(29)20-16(9-6-10-23-20)32-22-25-17(30-2)12-18(26-22)31-3;1-10-5-3-4-6-11(10)13(9-15(21)22)20-17(23)12-7-8-14(24-2)16(18)19-12/h4-10,12,15H,11H2,1-3H3,(H,24,29)(H,27,28);3-8,13H,9H2,1-2H3,(H,20,23)(H,21,22)/t15-;13-/m00/s1. The molecule has 56 heavy (non-hydrogen) atoms. The van der Waals surface area contributed by atoms with E-state index in [4.69, 9.17) is 35.7 Å². The van der Waals surface area contributed by atoms with E-state index in [1.807, 2.05) is 38.1 Å². The summed E-state index contributed by atoms with van der Waals surface area (Å²) in [5, 5.41) is 24.0. The van der Waals surface area contributed by atoms with E-state index < -0.39 is 35.8 Å². The fourth-order valence-corrected chi connectivity index (χ4v) is 5.55. The molecule has 3 aromatic heterocycles. The zero-order valence-corrected chi connectivity index (χ0v) is 31.7. The molecular formula is C39H39ClN6O10. The Hall–Kier alpha value is -6.81. The van der Waals surface area contributed by atoms with Crippen LogP contribution in [-0.4, -0.2) is 75.2 Å². The smallest absolute Gasteiger partial charge is 0.328 e. The SMILES string of the molecule is COc1cc(OC)nc(Oc2cccnc2C(=O)N[C@@H](CC(=O)O)c2ccccc2C)n1.COc1ccc(C(=O)N[C@@H](CC(=O)O)c2ccccc2C)nc1Cl. The van der Waals surface area contributed by atoms with Crippen LogP contribution in [-0.2, 0) is 9.59 Å². The third-order valence-electron chi connectivity index (χ3n) is 8.03. The van der Waals surface area contributed by atoms with Crippen molar-refractivity contribution in [1.29, 1.82) is 0 Å². The molecule has 292 valence electrons. The van der Waals surface area contributed by atoms with Gasteiger partial charge in [0, 0.05) is 6.20 Å². The van der Waals surface area contributed by atoms with E-state index in [1.54, 1.807) is 30.3 Å². The summed E-state index contributed by atoms with van der Waals surface area (Å²) in [6.07, 6.45) is 0.894. The molecule has 16 nitrogen and oxygen atoms in total. The van der Waals surface area contributed by atoms with E-state index in [0.29, 0.717) is 11.3 Å². The van der Waals surface area contributed by atoms with E-state index >= 15 is 0 Å². The molecule has 0 spiro atoms. The van der Waals surface area contributed by atoms with E-state index in [2.05, 4.69) is 30.6 Å². The number of aryl methyl sites for hydroxylation is 2. The van der Waals surface area contributed by atoms with Gasteiger partial charge in [-0.15, -0.1) is 0 Å². The van der Waals surface area contributed by atoms with Gasteiger partial charge in [-0.25, -0.2) is 9.97 Å². The number of carbonyl (C=O) groups is 4. The Kier molecular flexibility index (Phi) is 15.0. The molecule has 5 rings (SSSR count). The number of methoxy groups -OCH3 is 3. The summed E-state index contributed by atoms with van der Waals surface area (Å²) in [5.41, 5.74) is 3.22. The second-order valence-corrected chi connectivity index (χ2v) is 12.2. The van der Waals surface area contributed by atoms with Crippen molar-refractivity contribution in [3.63, 3.8) is 0 Å². The Morgan fingerprint density at radius 3 is 1.70 bits per heavy atom. The highest BCUT2D eigenvalue weighted by Gasteiger charge is 2.24. The minimum absolute atomic E-state index is 0.0538. The predicted molar refractivity (Wildman–Crippen MR) is 203 cm³/mol. The van der Waals surface area contributed by atoms with Gasteiger partial charge in [-0.1, -0.05) is 60.1 Å². The number of benzene rings is 2. The van der Waals surface area contributed by atoms with Crippen LogP contribution < -0.4 is 29.6 Å². The Morgan fingerprint density at radius 2 is 1.21 bits per heavy atom. The number of nitrogens with zero attached hydrogens (tertiary/aromatic N) is 4. The van der Waals surface area contributed by atoms with Crippen molar-refractivity contribution in [2.45, 2.75) is 38.8 Å². The first-order valence-corrected chi connectivity index (χ1v) is 17.2. The van der Waals surface area contributed by atoms with Gasteiger partial charge in [0.2, 0.25) is 11.8 Å². The lowest BCUT2D eigenvalue weighted by atomic mass is 9.98. The highest BCUT2D eigenvalue weighted by Crippen LogP contribution is 2.28. The molecule has 17 heteroatoms. The lowest BCUT2D eigenvalue weighted by Gasteiger charge is -2.20. The summed E-state index contributed by atoms with van der Waals surface area (Å²) in [4.78, 5) is 64.2. The van der Waals surface area contributed by atoms with E-state index in [1.165, 1.54) is 51.8 Å². The zero-order valence-electron chi connectivity index (χ0n) is 31.0. The maximum atomic E-state index is 13.0. The van der Waals surface area contributed by atoms with E-state index in [9.17, 15) is 24.3 Å². The normalized spacial score (nSPS) is 11.5. The number of pyridine rings is 2. The molecule has 0 saturated carbocycles. The number of nitrogens with one attached hydrogen (secondary N) is 2. The molecule has 0 fully saturated rings. The van der Waals surface area contributed by atoms with Gasteiger partial charge in [0.05, 0.1) is 52.3 Å². The van der Waals surface area contributed by atoms with Gasteiger partial charge < -0.3 is 39.8 Å². The number of hydrogen-bond acceptors (Lipinski definition) is 12. The first kappa shape index (κ1) is 41.9. The van der Waals surface area contributed by atoms with Gasteiger partial charge in [-0.3, -0.25) is 19.2 Å². The summed E-state index contributed by atoms with van der Waals surface area (Å²) in [6, 6.07) is 20.6. The highest BCUT2D eigenvalue weighted by molar-refractivity contribution is 6.31. The number of rotatable bonds is 15. The maximum Gasteiger partial charge on any atom is 0.328 e. The molecule has 0 aliphatic heterocycles. The Morgan fingerprint density at radius 1 is 0.679 bits per heavy atom. The number of carbonyl (C=O) groups excluding carboxylic acids is 2.